The number of benzene rings is 1. The molecule has 0 radical (unpaired) electrons. The number of hydrogen-bond acceptors (Lipinski definition) is 4. The quantitative estimate of drug-likeness (QED) is 0.709. The van der Waals surface area contributed by atoms with Crippen LogP contribution >= 0.6 is 0 Å². The highest BCUT2D eigenvalue weighted by Gasteiger charge is 2.40. The lowest BCUT2D eigenvalue weighted by Crippen LogP contribution is -2.48. The van der Waals surface area contributed by atoms with Gasteiger partial charge >= 0.3 is 0 Å². The molecule has 0 spiro atoms. The van der Waals surface area contributed by atoms with Gasteiger partial charge < -0.3 is 16.8 Å². The van der Waals surface area contributed by atoms with E-state index in [1.165, 1.54) is 24.8 Å². The molecule has 2 amide bonds. The fourth-order valence-electron chi connectivity index (χ4n) is 5.63. The summed E-state index contributed by atoms with van der Waals surface area (Å²) in [6.07, 6.45) is 7.12. The van der Waals surface area contributed by atoms with Gasteiger partial charge in [0, 0.05) is 30.1 Å². The number of piperidine rings is 1. The van der Waals surface area contributed by atoms with Crippen molar-refractivity contribution in [2.75, 3.05) is 18.4 Å². The van der Waals surface area contributed by atoms with E-state index in [4.69, 9.17) is 11.5 Å². The van der Waals surface area contributed by atoms with Crippen LogP contribution < -0.4 is 16.8 Å². The summed E-state index contributed by atoms with van der Waals surface area (Å²) in [7, 11) is 0. The summed E-state index contributed by atoms with van der Waals surface area (Å²) < 4.78 is 0. The summed E-state index contributed by atoms with van der Waals surface area (Å²) in [6.45, 7) is 2.60. The average molecular weight is 399 g/mol. The lowest BCUT2D eigenvalue weighted by molar-refractivity contribution is -0.123. The molecule has 2 atom stereocenters. The van der Waals surface area contributed by atoms with E-state index >= 15 is 0 Å². The van der Waals surface area contributed by atoms with Gasteiger partial charge in [-0.2, -0.15) is 0 Å². The van der Waals surface area contributed by atoms with Crippen molar-refractivity contribution < 1.29 is 9.59 Å². The fraction of sp³-hybridized carbons (Fsp3) is 0.652. The SMILES string of the molecule is NC(=O)C1CCN(Cc2cccc(NC(=O)C3CC4CCCC(C3)C4N)c2)CC1. The third-order valence-corrected chi connectivity index (χ3v) is 7.37. The molecule has 1 aliphatic heterocycles. The lowest BCUT2D eigenvalue weighted by Gasteiger charge is -2.43. The summed E-state index contributed by atoms with van der Waals surface area (Å²) in [5.41, 5.74) is 13.9. The van der Waals surface area contributed by atoms with Crippen LogP contribution in [0.25, 0.3) is 0 Å². The van der Waals surface area contributed by atoms with Gasteiger partial charge in [-0.05, 0) is 81.1 Å². The van der Waals surface area contributed by atoms with Crippen LogP contribution in [0.5, 0.6) is 0 Å². The number of nitrogens with two attached hydrogens (primary N) is 2. The first kappa shape index (κ1) is 20.4. The minimum Gasteiger partial charge on any atom is -0.369 e. The molecule has 158 valence electrons. The predicted molar refractivity (Wildman–Crippen MR) is 114 cm³/mol. The van der Waals surface area contributed by atoms with Crippen molar-refractivity contribution in [1.82, 2.24) is 4.90 Å². The number of amides is 2. The Hall–Kier alpha value is -1.92. The predicted octanol–water partition coefficient (Wildman–Crippen LogP) is 2.48. The van der Waals surface area contributed by atoms with Crippen LogP contribution in [0.2, 0.25) is 0 Å². The summed E-state index contributed by atoms with van der Waals surface area (Å²) in [6, 6.07) is 8.44. The fourth-order valence-corrected chi connectivity index (χ4v) is 5.63. The first-order valence-electron chi connectivity index (χ1n) is 11.2. The van der Waals surface area contributed by atoms with E-state index in [1.807, 2.05) is 12.1 Å². The number of likely N-dealkylation sites (tertiary alicyclic amines) is 1. The average Bonchev–Trinajstić information content (AvgIpc) is 2.68. The number of fused-ring (bicyclic) bond motifs is 2. The number of nitrogens with zero attached hydrogens (tertiary/aromatic N) is 1. The minimum atomic E-state index is -0.179. The Bertz CT molecular complexity index is 730. The van der Waals surface area contributed by atoms with Gasteiger partial charge in [-0.25, -0.2) is 0 Å². The molecule has 1 saturated heterocycles. The summed E-state index contributed by atoms with van der Waals surface area (Å²) >= 11 is 0. The summed E-state index contributed by atoms with van der Waals surface area (Å²) in [5, 5.41) is 3.16. The van der Waals surface area contributed by atoms with Crippen molar-refractivity contribution in [3.63, 3.8) is 0 Å². The van der Waals surface area contributed by atoms with Crippen LogP contribution in [0.3, 0.4) is 0 Å². The zero-order chi connectivity index (χ0) is 20.4. The monoisotopic (exact) mass is 398 g/mol. The number of hydrogen-bond donors (Lipinski definition) is 3. The number of primary amides is 1. The maximum absolute atomic E-state index is 12.9. The highest BCUT2D eigenvalue weighted by molar-refractivity contribution is 5.92. The molecule has 4 rings (SSSR count). The molecule has 2 unspecified atom stereocenters. The van der Waals surface area contributed by atoms with Crippen LogP contribution in [-0.4, -0.2) is 35.8 Å². The van der Waals surface area contributed by atoms with Gasteiger partial charge in [0.1, 0.15) is 0 Å². The van der Waals surface area contributed by atoms with Crippen LogP contribution in [0, 0.1) is 23.7 Å². The molecule has 5 N–H and O–H groups in total. The number of carbonyl (C=O) groups is 2. The molecule has 6 heteroatoms. The van der Waals surface area contributed by atoms with Crippen molar-refractivity contribution in [2.24, 2.45) is 35.1 Å². The van der Waals surface area contributed by atoms with E-state index in [0.717, 1.165) is 51.0 Å². The smallest absolute Gasteiger partial charge is 0.227 e. The van der Waals surface area contributed by atoms with E-state index in [-0.39, 0.29) is 29.7 Å². The normalized spacial score (nSPS) is 30.7. The number of nitrogens with one attached hydrogen (secondary N) is 1. The van der Waals surface area contributed by atoms with E-state index in [2.05, 4.69) is 22.3 Å². The van der Waals surface area contributed by atoms with Crippen LogP contribution in [0.4, 0.5) is 5.69 Å². The lowest BCUT2D eigenvalue weighted by atomic mass is 9.65. The molecule has 3 aliphatic rings. The van der Waals surface area contributed by atoms with Gasteiger partial charge in [0.15, 0.2) is 0 Å². The first-order valence-corrected chi connectivity index (χ1v) is 11.2. The molecular formula is C23H34N4O2. The molecule has 2 saturated carbocycles. The van der Waals surface area contributed by atoms with Crippen LogP contribution in [-0.2, 0) is 16.1 Å². The Kier molecular flexibility index (Phi) is 6.20. The van der Waals surface area contributed by atoms with Gasteiger partial charge in [-0.3, -0.25) is 14.5 Å². The Morgan fingerprint density at radius 2 is 1.72 bits per heavy atom. The van der Waals surface area contributed by atoms with Crippen molar-refractivity contribution >= 4 is 17.5 Å². The summed E-state index contributed by atoms with van der Waals surface area (Å²) in [5.74, 6) is 1.08. The summed E-state index contributed by atoms with van der Waals surface area (Å²) in [4.78, 5) is 26.6. The highest BCUT2D eigenvalue weighted by atomic mass is 16.2. The maximum atomic E-state index is 12.9. The van der Waals surface area contributed by atoms with E-state index in [1.54, 1.807) is 0 Å². The molecule has 2 bridgehead atoms. The Morgan fingerprint density at radius 1 is 1.03 bits per heavy atom. The molecule has 6 nitrogen and oxygen atoms in total. The van der Waals surface area contributed by atoms with E-state index in [0.29, 0.717) is 11.8 Å². The van der Waals surface area contributed by atoms with E-state index < -0.39 is 0 Å². The molecule has 0 aromatic heterocycles. The van der Waals surface area contributed by atoms with Crippen molar-refractivity contribution in [3.05, 3.63) is 29.8 Å². The standard InChI is InChI=1S/C23H34N4O2/c24-21-17-4-2-5-18(21)13-19(12-17)23(29)26-20-6-1-3-15(11-20)14-27-9-7-16(8-10-27)22(25)28/h1,3,6,11,16-19,21H,2,4-5,7-10,12-14,24H2,(H2,25,28)(H,26,29). The Balaban J connectivity index is 1.32. The molecular weight excluding hydrogens is 364 g/mol. The zero-order valence-corrected chi connectivity index (χ0v) is 17.2. The van der Waals surface area contributed by atoms with Gasteiger partial charge in [-0.1, -0.05) is 18.6 Å². The van der Waals surface area contributed by atoms with Crippen LogP contribution in [0.1, 0.15) is 50.5 Å². The molecule has 1 heterocycles. The molecule has 29 heavy (non-hydrogen) atoms. The largest absolute Gasteiger partial charge is 0.369 e. The Labute approximate surface area is 173 Å². The number of rotatable bonds is 5. The number of carbonyl (C=O) groups excluding carboxylic acids is 2. The third-order valence-electron chi connectivity index (χ3n) is 7.37. The van der Waals surface area contributed by atoms with Crippen molar-refractivity contribution in [1.29, 1.82) is 0 Å². The Morgan fingerprint density at radius 3 is 2.38 bits per heavy atom. The molecule has 1 aromatic rings. The maximum Gasteiger partial charge on any atom is 0.227 e. The second-order valence-electron chi connectivity index (χ2n) is 9.34. The second-order valence-corrected chi connectivity index (χ2v) is 9.34. The van der Waals surface area contributed by atoms with Gasteiger partial charge in [0.05, 0.1) is 0 Å². The first-order chi connectivity index (χ1) is 14.0. The number of anilines is 1. The van der Waals surface area contributed by atoms with Crippen molar-refractivity contribution in [3.8, 4) is 0 Å². The highest BCUT2D eigenvalue weighted by Crippen LogP contribution is 2.42. The van der Waals surface area contributed by atoms with Crippen LogP contribution in [0.15, 0.2) is 24.3 Å². The minimum absolute atomic E-state index is 0.0139. The third kappa shape index (κ3) is 4.81. The van der Waals surface area contributed by atoms with Gasteiger partial charge in [0.2, 0.25) is 11.8 Å². The topological polar surface area (TPSA) is 101 Å². The molecule has 2 aliphatic carbocycles. The van der Waals surface area contributed by atoms with Crippen molar-refractivity contribution in [2.45, 2.75) is 57.5 Å². The molecule has 1 aromatic carbocycles. The molecule has 3 fully saturated rings. The van der Waals surface area contributed by atoms with E-state index in [9.17, 15) is 9.59 Å². The zero-order valence-electron chi connectivity index (χ0n) is 17.2. The second kappa shape index (κ2) is 8.84. The van der Waals surface area contributed by atoms with Gasteiger partial charge in [-0.15, -0.1) is 0 Å². The van der Waals surface area contributed by atoms with Gasteiger partial charge in [0.25, 0.3) is 0 Å².